The fourth-order valence-corrected chi connectivity index (χ4v) is 6.10. The molecule has 1 aromatic heterocycles. The molecule has 5 heteroatoms. The van der Waals surface area contributed by atoms with Gasteiger partial charge in [0.1, 0.15) is 0 Å². The highest BCUT2D eigenvalue weighted by Crippen LogP contribution is 2.58. The van der Waals surface area contributed by atoms with Crippen LogP contribution >= 0.6 is 15.9 Å². The van der Waals surface area contributed by atoms with Crippen LogP contribution in [0.4, 0.5) is 0 Å². The van der Waals surface area contributed by atoms with Crippen LogP contribution < -0.4 is 10.5 Å². The Morgan fingerprint density at radius 1 is 1.21 bits per heavy atom. The Morgan fingerprint density at radius 3 is 2.68 bits per heavy atom. The van der Waals surface area contributed by atoms with Crippen LogP contribution in [0.2, 0.25) is 0 Å². The first-order valence-electron chi connectivity index (χ1n) is 13.0. The molecule has 38 heavy (non-hydrogen) atoms. The van der Waals surface area contributed by atoms with E-state index < -0.39 is 11.0 Å². The van der Waals surface area contributed by atoms with Crippen molar-refractivity contribution in [2.24, 2.45) is 17.1 Å². The van der Waals surface area contributed by atoms with Crippen molar-refractivity contribution in [2.45, 2.75) is 38.7 Å². The highest BCUT2D eigenvalue weighted by atomic mass is 79.9. The van der Waals surface area contributed by atoms with Crippen LogP contribution in [0.15, 0.2) is 114 Å². The van der Waals surface area contributed by atoms with Crippen LogP contribution in [0.5, 0.6) is 5.88 Å². The van der Waals surface area contributed by atoms with Gasteiger partial charge in [-0.1, -0.05) is 102 Å². The number of nitrogens with zero attached hydrogens (tertiary/aromatic N) is 1. The van der Waals surface area contributed by atoms with Gasteiger partial charge in [0.2, 0.25) is 5.88 Å². The highest BCUT2D eigenvalue weighted by molar-refractivity contribution is 9.10. The van der Waals surface area contributed by atoms with Crippen LogP contribution in [-0.2, 0) is 0 Å². The normalized spacial score (nSPS) is 25.0. The summed E-state index contributed by atoms with van der Waals surface area (Å²) in [5, 5.41) is 12.9. The van der Waals surface area contributed by atoms with E-state index in [1.807, 2.05) is 68.5 Å². The zero-order valence-electron chi connectivity index (χ0n) is 22.8. The van der Waals surface area contributed by atoms with E-state index >= 15 is 0 Å². The Bertz CT molecular complexity index is 1320. The van der Waals surface area contributed by atoms with Gasteiger partial charge in [-0.25, -0.2) is 4.98 Å². The van der Waals surface area contributed by atoms with E-state index in [4.69, 9.17) is 15.5 Å². The molecule has 2 aliphatic carbocycles. The van der Waals surface area contributed by atoms with Crippen molar-refractivity contribution in [3.05, 3.63) is 119 Å². The minimum Gasteiger partial charge on any atom is -0.481 e. The molecule has 1 heterocycles. The van der Waals surface area contributed by atoms with Crippen LogP contribution in [0.25, 0.3) is 10.9 Å². The summed E-state index contributed by atoms with van der Waals surface area (Å²) in [6, 6.07) is 8.16. The van der Waals surface area contributed by atoms with Gasteiger partial charge in [-0.2, -0.15) is 0 Å². The number of hydrogen-bond acceptors (Lipinski definition) is 4. The van der Waals surface area contributed by atoms with Gasteiger partial charge in [-0.05, 0) is 62.6 Å². The van der Waals surface area contributed by atoms with E-state index in [0.29, 0.717) is 18.8 Å². The average molecular weight is 576 g/mol. The van der Waals surface area contributed by atoms with Gasteiger partial charge in [0.25, 0.3) is 0 Å². The van der Waals surface area contributed by atoms with Gasteiger partial charge in [-0.3, -0.25) is 0 Å². The molecule has 4 atom stereocenters. The van der Waals surface area contributed by atoms with Gasteiger partial charge in [0, 0.05) is 26.8 Å². The van der Waals surface area contributed by atoms with Crippen molar-refractivity contribution in [3.63, 3.8) is 0 Å². The monoisotopic (exact) mass is 574 g/mol. The zero-order valence-corrected chi connectivity index (χ0v) is 24.4. The summed E-state index contributed by atoms with van der Waals surface area (Å²) >= 11 is 3.57. The minimum absolute atomic E-state index is 0.00367. The largest absolute Gasteiger partial charge is 0.481 e. The number of ether oxygens (including phenoxy) is 1. The van der Waals surface area contributed by atoms with Crippen molar-refractivity contribution in [3.8, 4) is 5.88 Å². The molecule has 200 valence electrons. The molecule has 0 radical (unpaired) electrons. The third-order valence-corrected chi connectivity index (χ3v) is 8.07. The molecule has 4 rings (SSSR count). The second kappa shape index (κ2) is 13.2. The van der Waals surface area contributed by atoms with E-state index in [0.717, 1.165) is 20.9 Å². The number of rotatable bonds is 7. The fourth-order valence-electron chi connectivity index (χ4n) is 5.72. The van der Waals surface area contributed by atoms with E-state index in [1.54, 1.807) is 13.2 Å². The molecule has 4 nitrogen and oxygen atoms in total. The van der Waals surface area contributed by atoms with E-state index in [1.165, 1.54) is 5.57 Å². The molecule has 0 bridgehead atoms. The number of fused-ring (bicyclic) bond motifs is 2. The van der Waals surface area contributed by atoms with E-state index in [2.05, 4.69) is 65.9 Å². The molecule has 3 unspecified atom stereocenters. The Morgan fingerprint density at radius 2 is 2.00 bits per heavy atom. The highest BCUT2D eigenvalue weighted by Gasteiger charge is 2.55. The van der Waals surface area contributed by atoms with Crippen LogP contribution in [-0.4, -0.2) is 29.3 Å². The molecule has 0 amide bonds. The fraction of sp³-hybridized carbons (Fsp3) is 0.303. The molecular weight excluding hydrogens is 536 g/mol. The third-order valence-electron chi connectivity index (χ3n) is 7.58. The topological polar surface area (TPSA) is 68.4 Å². The number of methoxy groups -OCH3 is 1. The third kappa shape index (κ3) is 6.01. The number of aliphatic hydroxyl groups is 1. The number of halogens is 1. The smallest absolute Gasteiger partial charge is 0.217 e. The lowest BCUT2D eigenvalue weighted by Gasteiger charge is -2.52. The summed E-state index contributed by atoms with van der Waals surface area (Å²) in [6.45, 7) is 10.0. The molecule has 1 aromatic carbocycles. The summed E-state index contributed by atoms with van der Waals surface area (Å²) in [5.74, 6) is 0.497. The molecule has 0 spiro atoms. The molecule has 0 fully saturated rings. The lowest BCUT2D eigenvalue weighted by molar-refractivity contribution is -0.0684. The summed E-state index contributed by atoms with van der Waals surface area (Å²) in [5.41, 5.74) is 7.52. The first-order chi connectivity index (χ1) is 18.2. The molecule has 0 saturated carbocycles. The summed E-state index contributed by atoms with van der Waals surface area (Å²) in [6.07, 6.45) is 24.5. The van der Waals surface area contributed by atoms with Crippen molar-refractivity contribution >= 4 is 26.8 Å². The van der Waals surface area contributed by atoms with Crippen LogP contribution in [0, 0.1) is 11.3 Å². The lowest BCUT2D eigenvalue weighted by Crippen LogP contribution is -2.53. The molecule has 0 saturated heterocycles. The van der Waals surface area contributed by atoms with E-state index in [-0.39, 0.29) is 11.8 Å². The number of allylic oxidation sites excluding steroid dienone is 12. The number of pyridine rings is 1. The van der Waals surface area contributed by atoms with Gasteiger partial charge in [0.15, 0.2) is 0 Å². The second-order valence-corrected chi connectivity index (χ2v) is 10.7. The standard InChI is InChI=1S/C26H29BrN2O2.C7H10/c1-17(21-16-19-15-20(27)10-11-23(19)29-24(21)31-3)26(13-14-28)22-9-5-4-7-18(22)8-6-12-25(26,2)30;1-3-5-7-6-4-2/h4-12,15-17,22,30H,13-14,28H2,1-3H3;3-7H,1H2,2H3/b;6-4-,7-5-/t17?,22?,25-,26?;/m1./s1. The molecule has 3 N–H and O–H groups in total. The van der Waals surface area contributed by atoms with Crippen LogP contribution in [0.1, 0.15) is 38.7 Å². The van der Waals surface area contributed by atoms with Gasteiger partial charge >= 0.3 is 0 Å². The molecule has 0 aliphatic heterocycles. The zero-order chi connectivity index (χ0) is 27.8. The Kier molecular flexibility index (Phi) is 10.3. The lowest BCUT2D eigenvalue weighted by atomic mass is 9.53. The van der Waals surface area contributed by atoms with Gasteiger partial charge in [0.05, 0.1) is 18.2 Å². The van der Waals surface area contributed by atoms with Crippen molar-refractivity contribution in [1.29, 1.82) is 0 Å². The molecule has 2 aliphatic rings. The van der Waals surface area contributed by atoms with Crippen molar-refractivity contribution < 1.29 is 9.84 Å². The Balaban J connectivity index is 0.000000505. The number of hydrogen-bond donors (Lipinski definition) is 2. The molecule has 2 aromatic rings. The predicted molar refractivity (Wildman–Crippen MR) is 164 cm³/mol. The minimum atomic E-state index is -1.10. The van der Waals surface area contributed by atoms with Gasteiger partial charge in [-0.15, -0.1) is 0 Å². The van der Waals surface area contributed by atoms with Gasteiger partial charge < -0.3 is 15.6 Å². The maximum atomic E-state index is 11.9. The Labute approximate surface area is 235 Å². The summed E-state index contributed by atoms with van der Waals surface area (Å²) in [4.78, 5) is 4.80. The quantitative estimate of drug-likeness (QED) is 0.332. The molecular formula is C33H39BrN2O2. The van der Waals surface area contributed by atoms with Crippen molar-refractivity contribution in [2.75, 3.05) is 13.7 Å². The summed E-state index contributed by atoms with van der Waals surface area (Å²) in [7, 11) is 1.65. The maximum Gasteiger partial charge on any atom is 0.217 e. The number of nitrogens with two attached hydrogens (primary N) is 1. The predicted octanol–water partition coefficient (Wildman–Crippen LogP) is 7.74. The first kappa shape index (κ1) is 29.6. The average Bonchev–Trinajstić information content (AvgIpc) is 3.02. The SMILES string of the molecule is C=C/C=C\C=C/C.COc1nc2ccc(Br)cc2cc1C(C)C1(CCN)C2C=CC=CC2=CC=C[C@@]1(C)O. The van der Waals surface area contributed by atoms with Crippen molar-refractivity contribution in [1.82, 2.24) is 4.98 Å². The Hall–Kier alpha value is -2.99. The maximum absolute atomic E-state index is 11.9. The van der Waals surface area contributed by atoms with E-state index in [9.17, 15) is 5.11 Å². The summed E-state index contributed by atoms with van der Waals surface area (Å²) < 4.78 is 6.75. The number of benzene rings is 1. The number of aromatic nitrogens is 1. The second-order valence-electron chi connectivity index (χ2n) is 9.77. The van der Waals surface area contributed by atoms with Crippen LogP contribution in [0.3, 0.4) is 0 Å². The first-order valence-corrected chi connectivity index (χ1v) is 13.8.